The van der Waals surface area contributed by atoms with E-state index >= 15 is 0 Å². The number of anilines is 2. The van der Waals surface area contributed by atoms with Crippen molar-refractivity contribution in [2.45, 2.75) is 19.4 Å². The molecule has 0 aliphatic carbocycles. The highest BCUT2D eigenvalue weighted by atomic mass is 32.1. The van der Waals surface area contributed by atoms with Crippen LogP contribution in [-0.2, 0) is 14.4 Å². The van der Waals surface area contributed by atoms with E-state index in [1.165, 1.54) is 11.8 Å². The van der Waals surface area contributed by atoms with Gasteiger partial charge in [-0.25, -0.2) is 0 Å². The van der Waals surface area contributed by atoms with Crippen LogP contribution in [0.1, 0.15) is 13.3 Å². The summed E-state index contributed by atoms with van der Waals surface area (Å²) in [6.45, 7) is 2.01. The third-order valence-electron chi connectivity index (χ3n) is 4.79. The Hall–Kier alpha value is -3.46. The standard InChI is InChI=1S/C22H24N4O4S/c1-15(27)23-11-12-25-19(14-20(28)24-16-7-4-3-5-8-16)21(29)26(22(25)31)17-9-6-10-18(13-17)30-2/h3-10,13,19H,11-12,14H2,1-2H3,(H,23,27)(H,24,28)/t19-/m0/s1. The number of amides is 3. The minimum Gasteiger partial charge on any atom is -0.497 e. The molecule has 1 heterocycles. The van der Waals surface area contributed by atoms with E-state index in [1.54, 1.807) is 48.4 Å². The number of carbonyl (C=O) groups excluding carboxylic acids is 3. The van der Waals surface area contributed by atoms with Crippen molar-refractivity contribution in [1.82, 2.24) is 10.2 Å². The maximum atomic E-state index is 13.3. The van der Waals surface area contributed by atoms with E-state index in [4.69, 9.17) is 17.0 Å². The molecule has 162 valence electrons. The summed E-state index contributed by atoms with van der Waals surface area (Å²) >= 11 is 5.58. The van der Waals surface area contributed by atoms with Crippen molar-refractivity contribution in [3.63, 3.8) is 0 Å². The SMILES string of the molecule is COc1cccc(N2C(=O)[C@H](CC(=O)Nc3ccccc3)N(CCNC(C)=O)C2=S)c1. The van der Waals surface area contributed by atoms with Crippen LogP contribution >= 0.6 is 12.2 Å². The number of benzene rings is 2. The lowest BCUT2D eigenvalue weighted by Crippen LogP contribution is -2.42. The quantitative estimate of drug-likeness (QED) is 0.612. The summed E-state index contributed by atoms with van der Waals surface area (Å²) in [5.41, 5.74) is 1.21. The van der Waals surface area contributed by atoms with Crippen LogP contribution in [0.5, 0.6) is 5.75 Å². The third kappa shape index (κ3) is 5.37. The predicted molar refractivity (Wildman–Crippen MR) is 122 cm³/mol. The second kappa shape index (κ2) is 10.0. The van der Waals surface area contributed by atoms with Crippen LogP contribution in [-0.4, -0.2) is 54.0 Å². The summed E-state index contributed by atoms with van der Waals surface area (Å²) in [6.07, 6.45) is -0.0750. The summed E-state index contributed by atoms with van der Waals surface area (Å²) in [5, 5.41) is 5.79. The molecular formula is C22H24N4O4S. The molecule has 0 aromatic heterocycles. The van der Waals surface area contributed by atoms with E-state index < -0.39 is 6.04 Å². The molecule has 1 aliphatic heterocycles. The minimum absolute atomic E-state index is 0.0750. The Kier molecular flexibility index (Phi) is 7.19. The molecule has 0 radical (unpaired) electrons. The number of ether oxygens (including phenoxy) is 1. The van der Waals surface area contributed by atoms with Crippen molar-refractivity contribution >= 4 is 46.4 Å². The Morgan fingerprint density at radius 1 is 1.13 bits per heavy atom. The third-order valence-corrected chi connectivity index (χ3v) is 5.21. The average Bonchev–Trinajstić information content (AvgIpc) is 2.98. The Balaban J connectivity index is 1.82. The van der Waals surface area contributed by atoms with Crippen LogP contribution in [0, 0.1) is 0 Å². The molecule has 0 spiro atoms. The maximum absolute atomic E-state index is 13.3. The normalized spacial score (nSPS) is 15.7. The molecule has 9 heteroatoms. The van der Waals surface area contributed by atoms with Crippen LogP contribution < -0.4 is 20.3 Å². The molecule has 1 saturated heterocycles. The number of thiocarbonyl (C=S) groups is 1. The van der Waals surface area contributed by atoms with Crippen LogP contribution in [0.15, 0.2) is 54.6 Å². The van der Waals surface area contributed by atoms with Crippen molar-refractivity contribution in [2.24, 2.45) is 0 Å². The highest BCUT2D eigenvalue weighted by Gasteiger charge is 2.44. The molecule has 8 nitrogen and oxygen atoms in total. The first-order valence-corrected chi connectivity index (χ1v) is 10.2. The largest absolute Gasteiger partial charge is 0.497 e. The van der Waals surface area contributed by atoms with Gasteiger partial charge in [0.05, 0.1) is 19.2 Å². The summed E-state index contributed by atoms with van der Waals surface area (Å²) in [6, 6.07) is 15.2. The molecule has 0 unspecified atom stereocenters. The first kappa shape index (κ1) is 22.2. The number of hydrogen-bond acceptors (Lipinski definition) is 5. The van der Waals surface area contributed by atoms with E-state index in [9.17, 15) is 14.4 Å². The number of rotatable bonds is 8. The number of hydrogen-bond donors (Lipinski definition) is 2. The zero-order valence-corrected chi connectivity index (χ0v) is 18.1. The van der Waals surface area contributed by atoms with Gasteiger partial charge in [-0.2, -0.15) is 0 Å². The summed E-state index contributed by atoms with van der Waals surface area (Å²) in [7, 11) is 1.54. The molecule has 1 aliphatic rings. The van der Waals surface area contributed by atoms with Gasteiger partial charge in [-0.05, 0) is 36.5 Å². The zero-order valence-electron chi connectivity index (χ0n) is 17.3. The maximum Gasteiger partial charge on any atom is 0.256 e. The van der Waals surface area contributed by atoms with Crippen LogP contribution in [0.2, 0.25) is 0 Å². The highest BCUT2D eigenvalue weighted by molar-refractivity contribution is 7.80. The molecule has 1 fully saturated rings. The van der Waals surface area contributed by atoms with Crippen molar-refractivity contribution in [1.29, 1.82) is 0 Å². The molecule has 3 amide bonds. The van der Waals surface area contributed by atoms with Crippen LogP contribution in [0.4, 0.5) is 11.4 Å². The molecule has 1 atom stereocenters. The fourth-order valence-corrected chi connectivity index (χ4v) is 3.75. The molecule has 2 N–H and O–H groups in total. The van der Waals surface area contributed by atoms with Crippen molar-refractivity contribution in [2.75, 3.05) is 30.4 Å². The van der Waals surface area contributed by atoms with E-state index in [-0.39, 0.29) is 29.3 Å². The molecule has 2 aromatic rings. The predicted octanol–water partition coefficient (Wildman–Crippen LogP) is 2.16. The Morgan fingerprint density at radius 3 is 2.55 bits per heavy atom. The van der Waals surface area contributed by atoms with E-state index in [0.29, 0.717) is 30.2 Å². The van der Waals surface area contributed by atoms with Gasteiger partial charge in [0.15, 0.2) is 5.11 Å². The number of para-hydroxylation sites is 1. The Bertz CT molecular complexity index is 982. The number of nitrogens with one attached hydrogen (secondary N) is 2. The second-order valence-corrected chi connectivity index (χ2v) is 7.33. The monoisotopic (exact) mass is 440 g/mol. The number of carbonyl (C=O) groups is 3. The van der Waals surface area contributed by atoms with Gasteiger partial charge in [-0.3, -0.25) is 19.3 Å². The molecular weight excluding hydrogens is 416 g/mol. The highest BCUT2D eigenvalue weighted by Crippen LogP contribution is 2.29. The number of nitrogens with zero attached hydrogens (tertiary/aromatic N) is 2. The summed E-state index contributed by atoms with van der Waals surface area (Å²) < 4.78 is 5.25. The minimum atomic E-state index is -0.781. The van der Waals surface area contributed by atoms with Gasteiger partial charge in [0.2, 0.25) is 11.8 Å². The van der Waals surface area contributed by atoms with E-state index in [0.717, 1.165) is 0 Å². The van der Waals surface area contributed by atoms with Crippen molar-refractivity contribution in [3.8, 4) is 5.75 Å². The number of methoxy groups -OCH3 is 1. The molecule has 3 rings (SSSR count). The lowest BCUT2D eigenvalue weighted by atomic mass is 10.1. The van der Waals surface area contributed by atoms with E-state index in [2.05, 4.69) is 10.6 Å². The average molecular weight is 441 g/mol. The van der Waals surface area contributed by atoms with Crippen LogP contribution in [0.3, 0.4) is 0 Å². The molecule has 2 aromatic carbocycles. The van der Waals surface area contributed by atoms with Gasteiger partial charge in [0, 0.05) is 31.8 Å². The van der Waals surface area contributed by atoms with Gasteiger partial charge in [0.25, 0.3) is 5.91 Å². The van der Waals surface area contributed by atoms with Crippen molar-refractivity contribution in [3.05, 3.63) is 54.6 Å². The van der Waals surface area contributed by atoms with Crippen LogP contribution in [0.25, 0.3) is 0 Å². The smallest absolute Gasteiger partial charge is 0.256 e. The Labute approximate surface area is 186 Å². The topological polar surface area (TPSA) is 91.0 Å². The first-order valence-electron chi connectivity index (χ1n) is 9.78. The summed E-state index contributed by atoms with van der Waals surface area (Å²) in [5.74, 6) is -0.198. The fraction of sp³-hybridized carbons (Fsp3) is 0.273. The fourth-order valence-electron chi connectivity index (χ4n) is 3.34. The molecule has 31 heavy (non-hydrogen) atoms. The Morgan fingerprint density at radius 2 is 1.87 bits per heavy atom. The van der Waals surface area contributed by atoms with Gasteiger partial charge in [-0.1, -0.05) is 24.3 Å². The van der Waals surface area contributed by atoms with E-state index in [1.807, 2.05) is 18.2 Å². The molecule has 0 saturated carbocycles. The van der Waals surface area contributed by atoms with Gasteiger partial charge >= 0.3 is 0 Å². The second-order valence-electron chi connectivity index (χ2n) is 6.97. The summed E-state index contributed by atoms with van der Waals surface area (Å²) in [4.78, 5) is 40.3. The van der Waals surface area contributed by atoms with Gasteiger partial charge in [-0.15, -0.1) is 0 Å². The molecule has 0 bridgehead atoms. The zero-order chi connectivity index (χ0) is 22.4. The van der Waals surface area contributed by atoms with Crippen molar-refractivity contribution < 1.29 is 19.1 Å². The first-order chi connectivity index (χ1) is 14.9. The lowest BCUT2D eigenvalue weighted by molar-refractivity contribution is -0.124. The van der Waals surface area contributed by atoms with Gasteiger partial charge < -0.3 is 20.3 Å². The van der Waals surface area contributed by atoms with Gasteiger partial charge in [0.1, 0.15) is 11.8 Å². The lowest BCUT2D eigenvalue weighted by Gasteiger charge is -2.24.